The number of amides is 2. The van der Waals surface area contributed by atoms with Crippen molar-refractivity contribution in [3.63, 3.8) is 0 Å². The molecule has 37 heavy (non-hydrogen) atoms. The van der Waals surface area contributed by atoms with Gasteiger partial charge >= 0.3 is 6.03 Å². The number of likely N-dealkylation sites (tertiary alicyclic amines) is 1. The first-order valence-electron chi connectivity index (χ1n) is 12.8. The molecule has 1 fully saturated rings. The molecule has 0 saturated carbocycles. The maximum atomic E-state index is 13.4. The number of rotatable bonds is 8. The molecule has 1 aliphatic heterocycles. The average Bonchev–Trinajstić information content (AvgIpc) is 3.61. The van der Waals surface area contributed by atoms with Crippen molar-refractivity contribution in [3.8, 4) is 11.3 Å². The quantitative estimate of drug-likeness (QED) is 0.489. The summed E-state index contributed by atoms with van der Waals surface area (Å²) in [5.74, 6) is 0.902. The lowest BCUT2D eigenvalue weighted by Gasteiger charge is -2.22. The highest BCUT2D eigenvalue weighted by molar-refractivity contribution is 5.90. The number of ether oxygens (including phenoxy) is 1. The number of anilines is 1. The Labute approximate surface area is 217 Å². The van der Waals surface area contributed by atoms with Crippen LogP contribution in [0.25, 0.3) is 11.3 Å². The predicted octanol–water partition coefficient (Wildman–Crippen LogP) is 3.89. The minimum absolute atomic E-state index is 0.0220. The molecule has 2 amide bonds. The van der Waals surface area contributed by atoms with Crippen LogP contribution >= 0.6 is 0 Å². The summed E-state index contributed by atoms with van der Waals surface area (Å²) in [4.78, 5) is 15.8. The minimum atomic E-state index is -0.225. The molecule has 1 aliphatic carbocycles. The highest BCUT2D eigenvalue weighted by atomic mass is 16.5. The first kappa shape index (κ1) is 25.0. The Balaban J connectivity index is 1.38. The fourth-order valence-electron chi connectivity index (χ4n) is 5.26. The van der Waals surface area contributed by atoms with Gasteiger partial charge in [-0.1, -0.05) is 54.6 Å². The van der Waals surface area contributed by atoms with Gasteiger partial charge in [0.25, 0.3) is 0 Å². The standard InChI is InChI=1S/C28H35N7O2/c1-20-26(22-16-29-33(2)17-22)32-35(23-12-8-5-9-13-23)27(20)31-28(36)30-25-19-34(14-15-37-3)18-24(25)21-10-6-4-7-11-21/h4-12,16-17,23-25H,13-15,18-19H2,1-3H3,(H2,30,31,36)/t23?,24-,25+/m0/s1. The number of nitrogens with one attached hydrogen (secondary N) is 2. The van der Waals surface area contributed by atoms with Gasteiger partial charge in [-0.3, -0.25) is 14.9 Å². The van der Waals surface area contributed by atoms with Gasteiger partial charge in [0.05, 0.1) is 24.9 Å². The van der Waals surface area contributed by atoms with E-state index in [9.17, 15) is 4.79 Å². The zero-order valence-electron chi connectivity index (χ0n) is 21.7. The maximum absolute atomic E-state index is 13.4. The Bertz CT molecular complexity index is 1280. The molecule has 1 saturated heterocycles. The van der Waals surface area contributed by atoms with Crippen molar-refractivity contribution < 1.29 is 9.53 Å². The van der Waals surface area contributed by atoms with Gasteiger partial charge in [-0.2, -0.15) is 10.2 Å². The van der Waals surface area contributed by atoms with Gasteiger partial charge in [0, 0.05) is 57.0 Å². The number of aromatic nitrogens is 4. The zero-order valence-corrected chi connectivity index (χ0v) is 21.7. The Kier molecular flexibility index (Phi) is 7.52. The second-order valence-corrected chi connectivity index (χ2v) is 9.76. The number of methoxy groups -OCH3 is 1. The maximum Gasteiger partial charge on any atom is 0.320 e. The molecule has 0 bridgehead atoms. The Morgan fingerprint density at radius 2 is 2.03 bits per heavy atom. The molecule has 2 N–H and O–H groups in total. The number of aryl methyl sites for hydroxylation is 1. The monoisotopic (exact) mass is 501 g/mol. The summed E-state index contributed by atoms with van der Waals surface area (Å²) in [5.41, 5.74) is 3.89. The van der Waals surface area contributed by atoms with Crippen LogP contribution in [-0.4, -0.2) is 69.9 Å². The summed E-state index contributed by atoms with van der Waals surface area (Å²) < 4.78 is 8.98. The fourth-order valence-corrected chi connectivity index (χ4v) is 5.26. The number of carbonyl (C=O) groups excluding carboxylic acids is 1. The summed E-state index contributed by atoms with van der Waals surface area (Å²) >= 11 is 0. The molecule has 194 valence electrons. The van der Waals surface area contributed by atoms with E-state index < -0.39 is 0 Å². The SMILES string of the molecule is COCCN1C[C@@H](NC(=O)Nc2c(C)c(-c3cnn(C)c3)nn2C2C=CC=CC2)[C@H](c2ccccc2)C1. The van der Waals surface area contributed by atoms with Crippen molar-refractivity contribution in [2.75, 3.05) is 38.7 Å². The molecule has 3 atom stereocenters. The van der Waals surface area contributed by atoms with E-state index in [2.05, 4.69) is 57.0 Å². The molecule has 0 radical (unpaired) electrons. The fraction of sp³-hybridized carbons (Fsp3) is 0.393. The molecular weight excluding hydrogens is 466 g/mol. The van der Waals surface area contributed by atoms with E-state index in [1.165, 1.54) is 5.56 Å². The second-order valence-electron chi connectivity index (χ2n) is 9.76. The van der Waals surface area contributed by atoms with Crippen molar-refractivity contribution in [1.29, 1.82) is 0 Å². The molecule has 3 aromatic rings. The van der Waals surface area contributed by atoms with Gasteiger partial charge in [-0.15, -0.1) is 0 Å². The third kappa shape index (κ3) is 5.52. The van der Waals surface area contributed by atoms with E-state index in [-0.39, 0.29) is 24.0 Å². The highest BCUT2D eigenvalue weighted by Gasteiger charge is 2.35. The van der Waals surface area contributed by atoms with Crippen LogP contribution < -0.4 is 10.6 Å². The van der Waals surface area contributed by atoms with E-state index in [4.69, 9.17) is 9.84 Å². The van der Waals surface area contributed by atoms with Crippen molar-refractivity contribution >= 4 is 11.8 Å². The molecular formula is C28H35N7O2. The average molecular weight is 502 g/mol. The Morgan fingerprint density at radius 3 is 2.73 bits per heavy atom. The third-order valence-corrected chi connectivity index (χ3v) is 7.18. The largest absolute Gasteiger partial charge is 0.383 e. The van der Waals surface area contributed by atoms with Crippen LogP contribution in [-0.2, 0) is 11.8 Å². The van der Waals surface area contributed by atoms with E-state index in [0.717, 1.165) is 42.9 Å². The molecule has 2 aliphatic rings. The lowest BCUT2D eigenvalue weighted by Crippen LogP contribution is -2.42. The summed E-state index contributed by atoms with van der Waals surface area (Å²) in [6.07, 6.45) is 12.8. The van der Waals surface area contributed by atoms with Gasteiger partial charge in [-0.05, 0) is 18.9 Å². The number of allylic oxidation sites excluding steroid dienone is 4. The first-order valence-corrected chi connectivity index (χ1v) is 12.8. The lowest BCUT2D eigenvalue weighted by atomic mass is 9.94. The number of hydrogen-bond acceptors (Lipinski definition) is 5. The molecule has 9 nitrogen and oxygen atoms in total. The van der Waals surface area contributed by atoms with Crippen LogP contribution in [0.1, 0.15) is 29.5 Å². The molecule has 5 rings (SSSR count). The van der Waals surface area contributed by atoms with E-state index in [1.807, 2.05) is 43.1 Å². The molecule has 2 aromatic heterocycles. The van der Waals surface area contributed by atoms with Crippen LogP contribution in [0.2, 0.25) is 0 Å². The van der Waals surface area contributed by atoms with Crippen LogP contribution in [0.5, 0.6) is 0 Å². The number of carbonyl (C=O) groups is 1. The van der Waals surface area contributed by atoms with Gasteiger partial charge in [0.2, 0.25) is 0 Å². The van der Waals surface area contributed by atoms with Crippen molar-refractivity contribution in [3.05, 3.63) is 78.2 Å². The molecule has 1 unspecified atom stereocenters. The Hall–Kier alpha value is -3.69. The lowest BCUT2D eigenvalue weighted by molar-refractivity contribution is 0.159. The normalized spacial score (nSPS) is 21.4. The summed E-state index contributed by atoms with van der Waals surface area (Å²) in [5, 5.41) is 15.7. The van der Waals surface area contributed by atoms with E-state index >= 15 is 0 Å². The van der Waals surface area contributed by atoms with Crippen molar-refractivity contribution in [2.45, 2.75) is 31.3 Å². The Morgan fingerprint density at radius 1 is 1.19 bits per heavy atom. The van der Waals surface area contributed by atoms with E-state index in [1.54, 1.807) is 18.0 Å². The third-order valence-electron chi connectivity index (χ3n) is 7.18. The molecule has 9 heteroatoms. The highest BCUT2D eigenvalue weighted by Crippen LogP contribution is 2.33. The summed E-state index contributed by atoms with van der Waals surface area (Å²) in [6, 6.07) is 10.2. The first-order chi connectivity index (χ1) is 18.0. The summed E-state index contributed by atoms with van der Waals surface area (Å²) in [7, 11) is 3.61. The van der Waals surface area contributed by atoms with Crippen LogP contribution in [0.15, 0.2) is 67.0 Å². The molecule has 1 aromatic carbocycles. The second kappa shape index (κ2) is 11.1. The number of hydrogen-bond donors (Lipinski definition) is 2. The molecule has 3 heterocycles. The number of benzene rings is 1. The van der Waals surface area contributed by atoms with Gasteiger partial charge in [-0.25, -0.2) is 9.48 Å². The smallest absolute Gasteiger partial charge is 0.320 e. The van der Waals surface area contributed by atoms with Gasteiger partial charge in [0.1, 0.15) is 11.5 Å². The van der Waals surface area contributed by atoms with Gasteiger partial charge in [0.15, 0.2) is 0 Å². The predicted molar refractivity (Wildman–Crippen MR) is 145 cm³/mol. The van der Waals surface area contributed by atoms with Crippen molar-refractivity contribution in [2.24, 2.45) is 7.05 Å². The van der Waals surface area contributed by atoms with Crippen LogP contribution in [0.4, 0.5) is 10.6 Å². The summed E-state index contributed by atoms with van der Waals surface area (Å²) in [6.45, 7) is 5.14. The zero-order chi connectivity index (χ0) is 25.8. The van der Waals surface area contributed by atoms with Gasteiger partial charge < -0.3 is 10.1 Å². The van der Waals surface area contributed by atoms with E-state index in [0.29, 0.717) is 12.4 Å². The topological polar surface area (TPSA) is 89.2 Å². The van der Waals surface area contributed by atoms with Crippen LogP contribution in [0.3, 0.4) is 0 Å². The number of nitrogens with zero attached hydrogens (tertiary/aromatic N) is 5. The van der Waals surface area contributed by atoms with Crippen LogP contribution in [0, 0.1) is 6.92 Å². The number of urea groups is 1. The molecule has 0 spiro atoms. The van der Waals surface area contributed by atoms with Crippen molar-refractivity contribution in [1.82, 2.24) is 29.8 Å². The minimum Gasteiger partial charge on any atom is -0.383 e.